The van der Waals surface area contributed by atoms with Crippen molar-refractivity contribution in [2.45, 2.75) is 353 Å². The number of aliphatic hydroxyl groups is 1. The topological polar surface area (TPSA) is 116 Å². The number of aliphatic hydroxyl groups excluding tert-OH is 1. The van der Waals surface area contributed by atoms with E-state index in [4.69, 9.17) is 0 Å². The number of hydrogen-bond acceptors (Lipinski definition) is 4. The summed E-state index contributed by atoms with van der Waals surface area (Å²) in [4.78, 5) is 31.1. The molecule has 7 nitrogen and oxygen atoms in total. The number of phosphoric acid groups is 1. The molecular weight excluding hydrogens is 850 g/mol. The minimum absolute atomic E-state index is 0.218. The molecule has 0 spiro atoms. The lowest BCUT2D eigenvalue weighted by molar-refractivity contribution is -0.123. The minimum Gasteiger partial charge on any atom is -0.387 e. The van der Waals surface area contributed by atoms with E-state index in [0.29, 0.717) is 6.42 Å². The second-order valence-corrected chi connectivity index (χ2v) is 22.3. The van der Waals surface area contributed by atoms with E-state index in [-0.39, 0.29) is 5.91 Å². The second-order valence-electron chi connectivity index (χ2n) is 21.0. The highest BCUT2D eigenvalue weighted by molar-refractivity contribution is 7.46. The summed E-state index contributed by atoms with van der Waals surface area (Å²) in [7, 11) is -4.72. The van der Waals surface area contributed by atoms with Gasteiger partial charge in [-0.25, -0.2) is 4.57 Å². The quantitative estimate of drug-likeness (QED) is 0.0274. The van der Waals surface area contributed by atoms with Gasteiger partial charge in [0.25, 0.3) is 0 Å². The molecule has 0 aromatic rings. The largest absolute Gasteiger partial charge is 0.469 e. The first-order valence-electron chi connectivity index (χ1n) is 30.1. The Morgan fingerprint density at radius 1 is 0.418 bits per heavy atom. The summed E-state index contributed by atoms with van der Waals surface area (Å²) in [6, 6.07) is -0.907. The van der Waals surface area contributed by atoms with Crippen molar-refractivity contribution in [1.29, 1.82) is 0 Å². The van der Waals surface area contributed by atoms with E-state index in [1.165, 1.54) is 283 Å². The van der Waals surface area contributed by atoms with E-state index in [0.717, 1.165) is 38.5 Å². The van der Waals surface area contributed by atoms with Crippen molar-refractivity contribution in [2.24, 2.45) is 0 Å². The number of nitrogens with one attached hydrogen (secondary N) is 1. The molecule has 0 aliphatic rings. The molecule has 0 heterocycles. The summed E-state index contributed by atoms with van der Waals surface area (Å²) in [6.07, 6.45) is 70.2. The van der Waals surface area contributed by atoms with Gasteiger partial charge in [-0.2, -0.15) is 0 Å². The molecule has 0 radical (unpaired) electrons. The Morgan fingerprint density at radius 3 is 0.910 bits per heavy atom. The van der Waals surface area contributed by atoms with Gasteiger partial charge in [0.1, 0.15) is 0 Å². The molecule has 0 saturated heterocycles. The zero-order chi connectivity index (χ0) is 48.8. The van der Waals surface area contributed by atoms with Gasteiger partial charge in [0.2, 0.25) is 5.91 Å². The van der Waals surface area contributed by atoms with Crippen LogP contribution < -0.4 is 5.32 Å². The molecule has 0 rings (SSSR count). The van der Waals surface area contributed by atoms with Crippen LogP contribution in [0.5, 0.6) is 0 Å². The molecule has 0 aliphatic heterocycles. The summed E-state index contributed by atoms with van der Waals surface area (Å²) in [6.45, 7) is 4.13. The number of phosphoric ester groups is 1. The monoisotopic (exact) mass is 968 g/mol. The molecule has 4 N–H and O–H groups in total. The van der Waals surface area contributed by atoms with Crippen LogP contribution in [0.1, 0.15) is 341 Å². The SMILES string of the molecule is CCCCCCCCCCCCCCCCC/C=C/[C@@H](O)[C@H](COP(=O)(O)O)NC(=O)CCCCCCCCCCCCCCCCCCCCCCCCCCCCCCCCCCCC. The van der Waals surface area contributed by atoms with Crippen LogP contribution in [0.3, 0.4) is 0 Å². The maximum absolute atomic E-state index is 12.7. The third-order valence-corrected chi connectivity index (χ3v) is 14.7. The van der Waals surface area contributed by atoms with Crippen molar-refractivity contribution in [3.8, 4) is 0 Å². The number of unbranched alkanes of at least 4 members (excludes halogenated alkanes) is 48. The fraction of sp³-hybridized carbons (Fsp3) is 0.949. The van der Waals surface area contributed by atoms with Gasteiger partial charge in [-0.05, 0) is 19.3 Å². The van der Waals surface area contributed by atoms with Crippen LogP contribution in [-0.2, 0) is 13.9 Å². The minimum atomic E-state index is -4.72. The first kappa shape index (κ1) is 66.3. The van der Waals surface area contributed by atoms with Crippen molar-refractivity contribution in [2.75, 3.05) is 6.61 Å². The van der Waals surface area contributed by atoms with Crippen LogP contribution in [0.4, 0.5) is 0 Å². The van der Waals surface area contributed by atoms with Crippen LogP contribution in [0.15, 0.2) is 12.2 Å². The van der Waals surface area contributed by atoms with E-state index in [9.17, 15) is 24.3 Å². The molecule has 0 bridgehead atoms. The average molecular weight is 969 g/mol. The van der Waals surface area contributed by atoms with Crippen molar-refractivity contribution >= 4 is 13.7 Å². The van der Waals surface area contributed by atoms with Crippen molar-refractivity contribution in [3.63, 3.8) is 0 Å². The number of hydrogen-bond donors (Lipinski definition) is 4. The van der Waals surface area contributed by atoms with Crippen molar-refractivity contribution < 1.29 is 28.8 Å². The third kappa shape index (κ3) is 56.1. The van der Waals surface area contributed by atoms with E-state index < -0.39 is 26.6 Å². The summed E-state index contributed by atoms with van der Waals surface area (Å²) >= 11 is 0. The van der Waals surface area contributed by atoms with Crippen LogP contribution in [0, 0.1) is 0 Å². The van der Waals surface area contributed by atoms with Crippen LogP contribution in [0.2, 0.25) is 0 Å². The number of carbonyl (C=O) groups is 1. The maximum Gasteiger partial charge on any atom is 0.469 e. The summed E-state index contributed by atoms with van der Waals surface area (Å²) < 4.78 is 16.0. The van der Waals surface area contributed by atoms with Gasteiger partial charge in [-0.3, -0.25) is 9.32 Å². The van der Waals surface area contributed by atoms with Gasteiger partial charge < -0.3 is 20.2 Å². The lowest BCUT2D eigenvalue weighted by Gasteiger charge is -2.22. The van der Waals surface area contributed by atoms with Gasteiger partial charge >= 0.3 is 7.82 Å². The smallest absolute Gasteiger partial charge is 0.387 e. The fourth-order valence-electron chi connectivity index (χ4n) is 9.70. The summed E-state index contributed by atoms with van der Waals surface area (Å²) in [5.74, 6) is -0.218. The predicted octanol–water partition coefficient (Wildman–Crippen LogP) is 19.4. The van der Waals surface area contributed by atoms with Crippen LogP contribution in [-0.4, -0.2) is 39.6 Å². The number of carbonyl (C=O) groups excluding carboxylic acids is 1. The lowest BCUT2D eigenvalue weighted by Crippen LogP contribution is -2.45. The lowest BCUT2D eigenvalue weighted by atomic mass is 10.0. The highest BCUT2D eigenvalue weighted by Gasteiger charge is 2.24. The number of allylic oxidation sites excluding steroid dienone is 1. The Kier molecular flexibility index (Phi) is 54.0. The Hall–Kier alpha value is -0.720. The van der Waals surface area contributed by atoms with E-state index in [1.807, 2.05) is 6.08 Å². The molecular formula is C59H118NO6P. The van der Waals surface area contributed by atoms with Gasteiger partial charge in [0.05, 0.1) is 18.8 Å². The number of amides is 1. The number of rotatable bonds is 57. The van der Waals surface area contributed by atoms with Gasteiger partial charge in [-0.15, -0.1) is 0 Å². The molecule has 0 unspecified atom stereocenters. The normalized spacial score (nSPS) is 13.0. The maximum atomic E-state index is 12.7. The van der Waals surface area contributed by atoms with Crippen molar-refractivity contribution in [3.05, 3.63) is 12.2 Å². The Balaban J connectivity index is 3.64. The van der Waals surface area contributed by atoms with Crippen LogP contribution in [0.25, 0.3) is 0 Å². The molecule has 2 atom stereocenters. The molecule has 0 saturated carbocycles. The highest BCUT2D eigenvalue weighted by atomic mass is 31.2. The molecule has 0 aliphatic carbocycles. The molecule has 400 valence electrons. The zero-order valence-corrected chi connectivity index (χ0v) is 46.0. The van der Waals surface area contributed by atoms with Crippen LogP contribution >= 0.6 is 7.82 Å². The Labute approximate surface area is 418 Å². The van der Waals surface area contributed by atoms with E-state index >= 15 is 0 Å². The molecule has 1 amide bonds. The summed E-state index contributed by atoms with van der Waals surface area (Å²) in [5.41, 5.74) is 0. The van der Waals surface area contributed by atoms with E-state index in [2.05, 4.69) is 23.7 Å². The Morgan fingerprint density at radius 2 is 0.657 bits per heavy atom. The Bertz CT molecular complexity index is 1050. The van der Waals surface area contributed by atoms with Crippen molar-refractivity contribution in [1.82, 2.24) is 5.32 Å². The summed E-state index contributed by atoms with van der Waals surface area (Å²) in [5, 5.41) is 13.5. The fourth-order valence-corrected chi connectivity index (χ4v) is 10.1. The molecule has 8 heteroatoms. The second kappa shape index (κ2) is 54.6. The van der Waals surface area contributed by atoms with Gasteiger partial charge in [0.15, 0.2) is 0 Å². The molecule has 67 heavy (non-hydrogen) atoms. The first-order valence-corrected chi connectivity index (χ1v) is 31.7. The molecule has 0 fully saturated rings. The average Bonchev–Trinajstić information content (AvgIpc) is 3.31. The molecule has 0 aromatic heterocycles. The van der Waals surface area contributed by atoms with Gasteiger partial charge in [-0.1, -0.05) is 328 Å². The standard InChI is InChI=1S/C59H118NO6P/c1-3-5-7-9-11-13-15-17-19-21-22-23-24-25-26-27-28-29-30-31-32-33-34-35-36-37-39-41-43-45-47-49-51-53-55-59(62)60-57(56-66-67(63,64)65)58(61)54-52-50-48-46-44-42-40-38-20-18-16-14-12-10-8-6-4-2/h52,54,57-58,61H,3-51,53,55-56H2,1-2H3,(H,60,62)(H2,63,64,65)/b54-52+/t57-,58+/m0/s1. The zero-order valence-electron chi connectivity index (χ0n) is 45.1. The molecule has 0 aromatic carbocycles. The van der Waals surface area contributed by atoms with E-state index in [1.54, 1.807) is 6.08 Å². The predicted molar refractivity (Wildman–Crippen MR) is 292 cm³/mol. The third-order valence-electron chi connectivity index (χ3n) is 14.2. The first-order chi connectivity index (χ1) is 32.8. The van der Waals surface area contributed by atoms with Gasteiger partial charge in [0, 0.05) is 6.42 Å². The highest BCUT2D eigenvalue weighted by Crippen LogP contribution is 2.36.